The highest BCUT2D eigenvalue weighted by molar-refractivity contribution is 6.05. The summed E-state index contributed by atoms with van der Waals surface area (Å²) in [6.07, 6.45) is 0.819. The van der Waals surface area contributed by atoms with Crippen molar-refractivity contribution in [1.29, 1.82) is 0 Å². The summed E-state index contributed by atoms with van der Waals surface area (Å²) in [5.74, 6) is -1.28. The lowest BCUT2D eigenvalue weighted by molar-refractivity contribution is 0.146. The van der Waals surface area contributed by atoms with Gasteiger partial charge in [-0.1, -0.05) is 25.8 Å². The molecular weight excluding hydrogens is 356 g/mol. The second kappa shape index (κ2) is 6.84. The van der Waals surface area contributed by atoms with E-state index in [0.29, 0.717) is 22.6 Å². The van der Waals surface area contributed by atoms with Gasteiger partial charge in [0.05, 0.1) is 12.2 Å². The van der Waals surface area contributed by atoms with E-state index in [1.165, 1.54) is 6.07 Å². The number of hydrogen-bond donors (Lipinski definition) is 0. The van der Waals surface area contributed by atoms with Crippen molar-refractivity contribution in [3.63, 3.8) is 0 Å². The molecule has 0 spiro atoms. The Bertz CT molecular complexity index is 883. The first-order chi connectivity index (χ1) is 12.9. The highest BCUT2D eigenvalue weighted by atomic mass is 19.3. The number of fused-ring (bicyclic) bond motifs is 4. The van der Waals surface area contributed by atoms with Crippen molar-refractivity contribution in [2.24, 2.45) is 5.92 Å². The van der Waals surface area contributed by atoms with E-state index in [1.807, 2.05) is 0 Å². The normalized spacial score (nSPS) is 20.9. The molecule has 2 aliphatic rings. The summed E-state index contributed by atoms with van der Waals surface area (Å²) in [6.45, 7) is 4.09. The first-order valence-corrected chi connectivity index (χ1v) is 9.54. The van der Waals surface area contributed by atoms with Crippen LogP contribution in [0.25, 0.3) is 22.3 Å². The van der Waals surface area contributed by atoms with Crippen molar-refractivity contribution < 1.29 is 22.3 Å². The van der Waals surface area contributed by atoms with Gasteiger partial charge in [0.1, 0.15) is 5.75 Å². The molecule has 2 aromatic carbocycles. The summed E-state index contributed by atoms with van der Waals surface area (Å²) in [5, 5.41) is 0. The quantitative estimate of drug-likeness (QED) is 0.435. The molecule has 0 N–H and O–H groups in total. The van der Waals surface area contributed by atoms with Gasteiger partial charge in [-0.3, -0.25) is 0 Å². The van der Waals surface area contributed by atoms with Crippen LogP contribution in [-0.4, -0.2) is 6.61 Å². The molecule has 144 valence electrons. The van der Waals surface area contributed by atoms with E-state index in [0.717, 1.165) is 25.7 Å². The lowest BCUT2D eigenvalue weighted by Gasteiger charge is -2.32. The minimum atomic E-state index is -2.82. The highest BCUT2D eigenvalue weighted by Gasteiger charge is 2.37. The maximum absolute atomic E-state index is 14.9. The average Bonchev–Trinajstić information content (AvgIpc) is 2.63. The first kappa shape index (κ1) is 18.3. The monoisotopic (exact) mass is 378 g/mol. The van der Waals surface area contributed by atoms with Crippen LogP contribution in [0.2, 0.25) is 0 Å². The minimum Gasteiger partial charge on any atom is -0.493 e. The van der Waals surface area contributed by atoms with E-state index in [-0.39, 0.29) is 35.0 Å². The number of alkyl halides is 2. The molecule has 1 fully saturated rings. The molecule has 4 rings (SSSR count). The maximum Gasteiger partial charge on any atom is 0.268 e. The highest BCUT2D eigenvalue weighted by Crippen LogP contribution is 2.56. The number of ether oxygens (including phenoxy) is 1. The van der Waals surface area contributed by atoms with Gasteiger partial charge in [0.25, 0.3) is 6.43 Å². The van der Waals surface area contributed by atoms with Gasteiger partial charge in [-0.15, -0.1) is 0 Å². The number of benzene rings is 2. The van der Waals surface area contributed by atoms with E-state index < -0.39 is 18.1 Å². The van der Waals surface area contributed by atoms with E-state index in [4.69, 9.17) is 4.74 Å². The molecule has 0 atom stereocenters. The molecule has 0 heterocycles. The van der Waals surface area contributed by atoms with Crippen LogP contribution < -0.4 is 4.74 Å². The fourth-order valence-electron chi connectivity index (χ4n) is 4.50. The van der Waals surface area contributed by atoms with Crippen molar-refractivity contribution in [3.8, 4) is 28.0 Å². The molecule has 2 aromatic rings. The predicted molar refractivity (Wildman–Crippen MR) is 97.3 cm³/mol. The second-order valence-electron chi connectivity index (χ2n) is 7.61. The molecule has 27 heavy (non-hydrogen) atoms. The summed E-state index contributed by atoms with van der Waals surface area (Å²) in [5.41, 5.74) is 1.17. The lowest BCUT2D eigenvalue weighted by atomic mass is 9.73. The van der Waals surface area contributed by atoms with E-state index in [9.17, 15) is 17.6 Å². The zero-order chi connectivity index (χ0) is 19.3. The van der Waals surface area contributed by atoms with Crippen LogP contribution in [0, 0.1) is 17.6 Å². The van der Waals surface area contributed by atoms with E-state index in [2.05, 4.69) is 6.92 Å². The fourth-order valence-corrected chi connectivity index (χ4v) is 4.50. The Morgan fingerprint density at radius 1 is 1.00 bits per heavy atom. The van der Waals surface area contributed by atoms with Gasteiger partial charge in [0.2, 0.25) is 0 Å². The Hall–Kier alpha value is -2.04. The van der Waals surface area contributed by atoms with Crippen LogP contribution >= 0.6 is 0 Å². The van der Waals surface area contributed by atoms with Gasteiger partial charge in [-0.2, -0.15) is 0 Å². The molecule has 0 aliphatic heterocycles. The third-order valence-corrected chi connectivity index (χ3v) is 5.95. The Kier molecular flexibility index (Phi) is 4.65. The zero-order valence-corrected chi connectivity index (χ0v) is 15.4. The van der Waals surface area contributed by atoms with Crippen LogP contribution in [0.15, 0.2) is 18.2 Å². The third kappa shape index (κ3) is 2.82. The summed E-state index contributed by atoms with van der Waals surface area (Å²) in [7, 11) is 0. The third-order valence-electron chi connectivity index (χ3n) is 5.95. The first-order valence-electron chi connectivity index (χ1n) is 9.54. The Labute approximate surface area is 156 Å². The minimum absolute atomic E-state index is 0.0117. The maximum atomic E-state index is 14.9. The van der Waals surface area contributed by atoms with Gasteiger partial charge in [0.15, 0.2) is 11.6 Å². The SMILES string of the molecule is CCOc1ccc2c(c1C(F)F)-c1c-2cc(C2CCC(C)CC2)c(F)c1F. The van der Waals surface area contributed by atoms with E-state index >= 15 is 0 Å². The Morgan fingerprint density at radius 3 is 2.33 bits per heavy atom. The molecule has 2 aliphatic carbocycles. The van der Waals surface area contributed by atoms with Gasteiger partial charge >= 0.3 is 0 Å². The van der Waals surface area contributed by atoms with Crippen molar-refractivity contribution in [1.82, 2.24) is 0 Å². The average molecular weight is 378 g/mol. The van der Waals surface area contributed by atoms with Gasteiger partial charge < -0.3 is 4.74 Å². The van der Waals surface area contributed by atoms with Crippen LogP contribution in [0.4, 0.5) is 17.6 Å². The molecule has 1 nitrogen and oxygen atoms in total. The molecule has 5 heteroatoms. The van der Waals surface area contributed by atoms with Gasteiger partial charge in [-0.25, -0.2) is 17.6 Å². The molecule has 1 saturated carbocycles. The standard InChI is InChI=1S/C22H22F4O/c1-3-27-16-9-8-13-15-10-14(12-6-4-11(2)5-7-12)20(23)21(24)18(15)17(13)19(16)22(25)26/h8-12,22H,3-7H2,1-2H3. The van der Waals surface area contributed by atoms with Gasteiger partial charge in [-0.05, 0) is 60.4 Å². The lowest BCUT2D eigenvalue weighted by Crippen LogP contribution is -2.16. The van der Waals surface area contributed by atoms with Crippen LogP contribution in [0.3, 0.4) is 0 Å². The van der Waals surface area contributed by atoms with Gasteiger partial charge in [0, 0.05) is 11.1 Å². The molecule has 0 bridgehead atoms. The molecule has 0 radical (unpaired) electrons. The Morgan fingerprint density at radius 2 is 1.70 bits per heavy atom. The Balaban J connectivity index is 1.81. The smallest absolute Gasteiger partial charge is 0.268 e. The van der Waals surface area contributed by atoms with Crippen LogP contribution in [0.1, 0.15) is 63.0 Å². The summed E-state index contributed by atoms with van der Waals surface area (Å²) in [4.78, 5) is 0. The van der Waals surface area contributed by atoms with Crippen molar-refractivity contribution in [2.75, 3.05) is 6.61 Å². The van der Waals surface area contributed by atoms with Crippen molar-refractivity contribution >= 4 is 0 Å². The number of halogens is 4. The predicted octanol–water partition coefficient (Wildman–Crippen LogP) is 7.24. The van der Waals surface area contributed by atoms with Crippen LogP contribution in [-0.2, 0) is 0 Å². The molecule has 0 amide bonds. The molecule has 0 unspecified atom stereocenters. The number of hydrogen-bond acceptors (Lipinski definition) is 1. The second-order valence-corrected chi connectivity index (χ2v) is 7.61. The zero-order valence-electron chi connectivity index (χ0n) is 15.4. The number of rotatable bonds is 4. The fraction of sp³-hybridized carbons (Fsp3) is 0.455. The summed E-state index contributed by atoms with van der Waals surface area (Å²) in [6, 6.07) is 4.83. The largest absolute Gasteiger partial charge is 0.493 e. The molecule has 0 saturated heterocycles. The molecular formula is C22H22F4O. The summed E-state index contributed by atoms with van der Waals surface area (Å²) >= 11 is 0. The topological polar surface area (TPSA) is 9.23 Å². The summed E-state index contributed by atoms with van der Waals surface area (Å²) < 4.78 is 62.4. The van der Waals surface area contributed by atoms with Crippen molar-refractivity contribution in [3.05, 3.63) is 41.0 Å². The van der Waals surface area contributed by atoms with Crippen LogP contribution in [0.5, 0.6) is 5.75 Å². The van der Waals surface area contributed by atoms with Crippen molar-refractivity contribution in [2.45, 2.75) is 51.9 Å². The molecule has 0 aromatic heterocycles. The van der Waals surface area contributed by atoms with E-state index in [1.54, 1.807) is 19.1 Å².